The van der Waals surface area contributed by atoms with Crippen LogP contribution in [0.3, 0.4) is 0 Å². The van der Waals surface area contributed by atoms with E-state index < -0.39 is 34.1 Å². The Balaban J connectivity index is 0.000000782. The molecule has 0 bridgehead atoms. The van der Waals surface area contributed by atoms with E-state index in [0.29, 0.717) is 21.7 Å². The number of carbonyl (C=O) groups is 2. The average molecular weight is 624 g/mol. The molecule has 222 valence electrons. The summed E-state index contributed by atoms with van der Waals surface area (Å²) in [7, 11) is -3.66. The Morgan fingerprint density at radius 2 is 1.71 bits per heavy atom. The molecule has 0 spiro atoms. The molecule has 0 aromatic heterocycles. The Bertz CT molecular complexity index is 1610. The number of benzene rings is 3. The molecule has 0 aliphatic heterocycles. The highest BCUT2D eigenvalue weighted by Gasteiger charge is 2.38. The van der Waals surface area contributed by atoms with Crippen LogP contribution in [0, 0.1) is 16.7 Å². The number of hydrogen-bond donors (Lipinski definition) is 5. The van der Waals surface area contributed by atoms with Gasteiger partial charge in [-0.05, 0) is 46.9 Å². The molecule has 42 heavy (non-hydrogen) atoms. The van der Waals surface area contributed by atoms with E-state index in [1.54, 1.807) is 42.5 Å². The summed E-state index contributed by atoms with van der Waals surface area (Å²) in [6.45, 7) is 0.181. The number of nitrogens with one attached hydrogen (secondary N) is 3. The molecule has 10 nitrogen and oxygen atoms in total. The van der Waals surface area contributed by atoms with E-state index in [-0.39, 0.29) is 18.8 Å². The first-order chi connectivity index (χ1) is 19.5. The zero-order valence-corrected chi connectivity index (χ0v) is 23.4. The lowest BCUT2D eigenvalue weighted by molar-refractivity contribution is -0.192. The fourth-order valence-electron chi connectivity index (χ4n) is 3.52. The molecule has 0 radical (unpaired) electrons. The standard InChI is InChI=1S/C25H24ClN5O3S.C2HF3O2/c1-35(33,34)31-23(12-17-3-2-4-19(11-17)24(28)29)25(32)30-15-16-5-7-18(8-6-16)22-10-9-21(26)13-20(22)14-27;3-2(4,5)1(6)7/h2-11,13,23,31H,12,15H2,1H3,(H3,28,29)(H,30,32);(H,6,7)/t23-;/m0./s1. The number of nitrogen functional groups attached to an aromatic ring is 1. The summed E-state index contributed by atoms with van der Waals surface area (Å²) in [6, 6.07) is 20.3. The minimum absolute atomic E-state index is 0.0897. The molecule has 0 unspecified atom stereocenters. The summed E-state index contributed by atoms with van der Waals surface area (Å²) in [5.74, 6) is -3.36. The zero-order chi connectivity index (χ0) is 31.7. The van der Waals surface area contributed by atoms with Crippen LogP contribution < -0.4 is 15.8 Å². The number of nitrogens with zero attached hydrogens (tertiary/aromatic N) is 1. The number of nitrogens with two attached hydrogens (primary N) is 1. The third-order valence-corrected chi connectivity index (χ3v) is 6.37. The van der Waals surface area contributed by atoms with Gasteiger partial charge in [0.25, 0.3) is 0 Å². The highest BCUT2D eigenvalue weighted by molar-refractivity contribution is 7.88. The van der Waals surface area contributed by atoms with Gasteiger partial charge in [0, 0.05) is 17.1 Å². The van der Waals surface area contributed by atoms with Crippen LogP contribution in [0.1, 0.15) is 22.3 Å². The van der Waals surface area contributed by atoms with E-state index in [2.05, 4.69) is 16.1 Å². The van der Waals surface area contributed by atoms with E-state index in [9.17, 15) is 31.6 Å². The molecule has 15 heteroatoms. The quantitative estimate of drug-likeness (QED) is 0.178. The minimum atomic E-state index is -5.08. The monoisotopic (exact) mass is 623 g/mol. The summed E-state index contributed by atoms with van der Waals surface area (Å²) in [5, 5.41) is 27.3. The minimum Gasteiger partial charge on any atom is -0.475 e. The van der Waals surface area contributed by atoms with E-state index >= 15 is 0 Å². The summed E-state index contributed by atoms with van der Waals surface area (Å²) in [5.41, 5.74) is 9.51. The normalized spacial score (nSPS) is 11.8. The van der Waals surface area contributed by atoms with Crippen molar-refractivity contribution in [1.29, 1.82) is 10.7 Å². The second kappa shape index (κ2) is 14.4. The van der Waals surface area contributed by atoms with Crippen molar-refractivity contribution in [2.45, 2.75) is 25.2 Å². The van der Waals surface area contributed by atoms with Gasteiger partial charge in [0.15, 0.2) is 0 Å². The molecule has 0 saturated heterocycles. The number of aliphatic carboxylic acids is 1. The highest BCUT2D eigenvalue weighted by Crippen LogP contribution is 2.26. The van der Waals surface area contributed by atoms with Gasteiger partial charge in [0.1, 0.15) is 11.9 Å². The first-order valence-electron chi connectivity index (χ1n) is 11.8. The number of amidine groups is 1. The predicted octanol–water partition coefficient (Wildman–Crippen LogP) is 3.57. The summed E-state index contributed by atoms with van der Waals surface area (Å²) in [4.78, 5) is 21.8. The molecular weight excluding hydrogens is 599 g/mol. The van der Waals surface area contributed by atoms with E-state index in [1.165, 1.54) is 0 Å². The van der Waals surface area contributed by atoms with Crippen LogP contribution in [0.4, 0.5) is 13.2 Å². The first kappa shape index (κ1) is 33.8. The van der Waals surface area contributed by atoms with Crippen molar-refractivity contribution in [1.82, 2.24) is 10.0 Å². The van der Waals surface area contributed by atoms with E-state index in [4.69, 9.17) is 32.6 Å². The number of carboxylic acids is 1. The van der Waals surface area contributed by atoms with Crippen LogP contribution in [0.15, 0.2) is 66.7 Å². The van der Waals surface area contributed by atoms with Gasteiger partial charge in [-0.2, -0.15) is 18.4 Å². The molecule has 0 aliphatic carbocycles. The fraction of sp³-hybridized carbons (Fsp3) is 0.185. The molecule has 3 aromatic carbocycles. The van der Waals surface area contributed by atoms with Gasteiger partial charge < -0.3 is 16.2 Å². The Morgan fingerprint density at radius 1 is 1.10 bits per heavy atom. The van der Waals surface area contributed by atoms with Crippen LogP contribution in [-0.2, 0) is 32.6 Å². The molecule has 1 atom stereocenters. The number of amides is 1. The van der Waals surface area contributed by atoms with Crippen molar-refractivity contribution in [3.8, 4) is 17.2 Å². The molecule has 6 N–H and O–H groups in total. The van der Waals surface area contributed by atoms with E-state index in [1.807, 2.05) is 24.3 Å². The number of alkyl halides is 3. The number of carboxylic acid groups (broad SMARTS) is 1. The Kier molecular flexibility index (Phi) is 11.6. The maximum absolute atomic E-state index is 12.9. The molecule has 0 aliphatic rings. The van der Waals surface area contributed by atoms with Gasteiger partial charge in [0.05, 0.1) is 17.9 Å². The molecule has 3 rings (SSSR count). The summed E-state index contributed by atoms with van der Waals surface area (Å²) in [6.07, 6.45) is -4.00. The molecule has 0 fully saturated rings. The van der Waals surface area contributed by atoms with Gasteiger partial charge in [-0.3, -0.25) is 10.2 Å². The van der Waals surface area contributed by atoms with Gasteiger partial charge >= 0.3 is 12.1 Å². The van der Waals surface area contributed by atoms with Crippen molar-refractivity contribution < 1.29 is 36.3 Å². The van der Waals surface area contributed by atoms with Crippen molar-refractivity contribution in [2.75, 3.05) is 6.26 Å². The smallest absolute Gasteiger partial charge is 0.475 e. The van der Waals surface area contributed by atoms with Gasteiger partial charge in [-0.15, -0.1) is 0 Å². The third kappa shape index (κ3) is 10.8. The number of hydrogen-bond acceptors (Lipinski definition) is 6. The van der Waals surface area contributed by atoms with Crippen LogP contribution in [0.2, 0.25) is 5.02 Å². The lowest BCUT2D eigenvalue weighted by Gasteiger charge is -2.18. The van der Waals surface area contributed by atoms with Gasteiger partial charge in [-0.25, -0.2) is 17.9 Å². The van der Waals surface area contributed by atoms with Crippen LogP contribution in [0.5, 0.6) is 0 Å². The average Bonchev–Trinajstić information content (AvgIpc) is 2.91. The molecule has 1 amide bonds. The Labute approximate surface area is 244 Å². The lowest BCUT2D eigenvalue weighted by Crippen LogP contribution is -2.47. The maximum Gasteiger partial charge on any atom is 0.490 e. The van der Waals surface area contributed by atoms with Crippen molar-refractivity contribution in [3.05, 3.63) is 94.0 Å². The second-order valence-electron chi connectivity index (χ2n) is 8.78. The van der Waals surface area contributed by atoms with Crippen LogP contribution in [0.25, 0.3) is 11.1 Å². The molecule has 3 aromatic rings. The SMILES string of the molecule is CS(=O)(=O)N[C@@H](Cc1cccc(C(=N)N)c1)C(=O)NCc1ccc(-c2ccc(Cl)cc2C#N)cc1.O=C(O)C(F)(F)F. The Hall–Kier alpha value is -4.45. The molecule has 0 saturated carbocycles. The maximum atomic E-state index is 12.9. The number of halogens is 4. The van der Waals surface area contributed by atoms with E-state index in [0.717, 1.165) is 22.9 Å². The number of nitriles is 1. The van der Waals surface area contributed by atoms with Crippen molar-refractivity contribution in [3.63, 3.8) is 0 Å². The third-order valence-electron chi connectivity index (χ3n) is 5.43. The van der Waals surface area contributed by atoms with Gasteiger partial charge in [-0.1, -0.05) is 60.1 Å². The zero-order valence-electron chi connectivity index (χ0n) is 21.9. The number of sulfonamides is 1. The molecular formula is C27H25ClF3N5O5S. The summed E-state index contributed by atoms with van der Waals surface area (Å²) < 4.78 is 57.8. The highest BCUT2D eigenvalue weighted by atomic mass is 35.5. The fourth-order valence-corrected chi connectivity index (χ4v) is 4.40. The summed E-state index contributed by atoms with van der Waals surface area (Å²) >= 11 is 5.97. The first-order valence-corrected chi connectivity index (χ1v) is 14.0. The second-order valence-corrected chi connectivity index (χ2v) is 11.0. The topological polar surface area (TPSA) is 186 Å². The number of carbonyl (C=O) groups excluding carboxylic acids is 1. The molecule has 0 heterocycles. The largest absolute Gasteiger partial charge is 0.490 e. The predicted molar refractivity (Wildman–Crippen MR) is 150 cm³/mol. The van der Waals surface area contributed by atoms with Crippen molar-refractivity contribution in [2.24, 2.45) is 5.73 Å². The Morgan fingerprint density at radius 3 is 2.24 bits per heavy atom. The number of rotatable bonds is 9. The van der Waals surface area contributed by atoms with Crippen molar-refractivity contribution >= 4 is 39.3 Å². The van der Waals surface area contributed by atoms with Gasteiger partial charge in [0.2, 0.25) is 15.9 Å². The van der Waals surface area contributed by atoms with Crippen LogP contribution in [-0.4, -0.2) is 49.7 Å². The van der Waals surface area contributed by atoms with Crippen LogP contribution >= 0.6 is 11.6 Å². The lowest BCUT2D eigenvalue weighted by atomic mass is 9.99.